The minimum absolute atomic E-state index is 0.0923. The Kier molecular flexibility index (Phi) is 3.96. The van der Waals surface area contributed by atoms with E-state index in [1.807, 2.05) is 30.6 Å². The van der Waals surface area contributed by atoms with Crippen LogP contribution in [-0.4, -0.2) is 27.0 Å². The van der Waals surface area contributed by atoms with E-state index >= 15 is 0 Å². The van der Waals surface area contributed by atoms with Crippen molar-refractivity contribution in [1.82, 2.24) is 19.9 Å². The van der Waals surface area contributed by atoms with Gasteiger partial charge in [-0.05, 0) is 38.0 Å². The van der Waals surface area contributed by atoms with E-state index in [-0.39, 0.29) is 5.91 Å². The lowest BCUT2D eigenvalue weighted by atomic mass is 10.2. The molecule has 1 N–H and O–H groups in total. The molecule has 0 saturated heterocycles. The van der Waals surface area contributed by atoms with Gasteiger partial charge >= 0.3 is 0 Å². The summed E-state index contributed by atoms with van der Waals surface area (Å²) in [7, 11) is 0. The van der Waals surface area contributed by atoms with Crippen LogP contribution < -0.4 is 5.32 Å². The number of nitrogens with one attached hydrogen (secondary N) is 1. The first-order valence-electron chi connectivity index (χ1n) is 6.85. The smallest absolute Gasteiger partial charge is 0.269 e. The fourth-order valence-electron chi connectivity index (χ4n) is 2.23. The van der Waals surface area contributed by atoms with Gasteiger partial charge in [0.2, 0.25) is 0 Å². The molecule has 0 aliphatic carbocycles. The van der Waals surface area contributed by atoms with E-state index in [0.29, 0.717) is 12.2 Å². The Labute approximate surface area is 126 Å². The highest BCUT2D eigenvalue weighted by molar-refractivity contribution is 7.09. The van der Waals surface area contributed by atoms with Gasteiger partial charge in [0, 0.05) is 11.4 Å². The molecule has 0 spiro atoms. The highest BCUT2D eigenvalue weighted by Gasteiger charge is 2.10. The third-order valence-electron chi connectivity index (χ3n) is 3.36. The van der Waals surface area contributed by atoms with Crippen LogP contribution >= 0.6 is 11.3 Å². The molecule has 0 aliphatic rings. The summed E-state index contributed by atoms with van der Waals surface area (Å²) in [5.41, 5.74) is 4.43. The van der Waals surface area contributed by atoms with Crippen molar-refractivity contribution in [3.05, 3.63) is 52.2 Å². The van der Waals surface area contributed by atoms with Gasteiger partial charge in [0.25, 0.3) is 5.91 Å². The fraction of sp³-hybridized carbons (Fsp3) is 0.267. The Morgan fingerprint density at radius 1 is 1.38 bits per heavy atom. The van der Waals surface area contributed by atoms with Crippen molar-refractivity contribution >= 4 is 22.8 Å². The van der Waals surface area contributed by atoms with Gasteiger partial charge < -0.3 is 5.32 Å². The average Bonchev–Trinajstić information content (AvgIpc) is 3.11. The van der Waals surface area contributed by atoms with Crippen LogP contribution in [0.25, 0.3) is 5.52 Å². The van der Waals surface area contributed by atoms with Crippen LogP contribution in [-0.2, 0) is 6.42 Å². The molecule has 0 saturated carbocycles. The van der Waals surface area contributed by atoms with Gasteiger partial charge in [-0.15, -0.1) is 11.3 Å². The third-order valence-corrected chi connectivity index (χ3v) is 4.36. The molecule has 1 amide bonds. The molecule has 0 aliphatic heterocycles. The summed E-state index contributed by atoms with van der Waals surface area (Å²) in [6, 6.07) is 7.45. The fourth-order valence-corrected chi connectivity index (χ4v) is 3.05. The van der Waals surface area contributed by atoms with E-state index in [1.54, 1.807) is 28.1 Å². The van der Waals surface area contributed by atoms with Crippen LogP contribution in [0, 0.1) is 6.92 Å². The molecule has 0 radical (unpaired) electrons. The molecule has 0 fully saturated rings. The second-order valence-electron chi connectivity index (χ2n) is 4.80. The number of aryl methyl sites for hydroxylation is 2. The molecular formula is C15H16N4OS. The van der Waals surface area contributed by atoms with Gasteiger partial charge in [-0.25, -0.2) is 9.50 Å². The van der Waals surface area contributed by atoms with Gasteiger partial charge in [0.05, 0.1) is 22.9 Å². The number of thiazole rings is 1. The van der Waals surface area contributed by atoms with E-state index in [9.17, 15) is 4.79 Å². The van der Waals surface area contributed by atoms with Crippen molar-refractivity contribution in [2.24, 2.45) is 0 Å². The van der Waals surface area contributed by atoms with Crippen LogP contribution in [0.5, 0.6) is 0 Å². The monoisotopic (exact) mass is 300 g/mol. The van der Waals surface area contributed by atoms with Crippen molar-refractivity contribution in [1.29, 1.82) is 0 Å². The van der Waals surface area contributed by atoms with E-state index in [2.05, 4.69) is 15.4 Å². The zero-order valence-corrected chi connectivity index (χ0v) is 12.6. The number of aromatic nitrogens is 3. The van der Waals surface area contributed by atoms with Crippen molar-refractivity contribution in [2.75, 3.05) is 6.54 Å². The molecule has 0 aromatic carbocycles. The Balaban J connectivity index is 1.57. The Morgan fingerprint density at radius 2 is 2.29 bits per heavy atom. The number of rotatable bonds is 5. The normalized spacial score (nSPS) is 10.9. The Bertz CT molecular complexity index is 762. The summed E-state index contributed by atoms with van der Waals surface area (Å²) in [6.45, 7) is 2.66. The van der Waals surface area contributed by atoms with Crippen molar-refractivity contribution in [3.63, 3.8) is 0 Å². The van der Waals surface area contributed by atoms with E-state index in [1.165, 1.54) is 4.88 Å². The number of hydrogen-bond acceptors (Lipinski definition) is 4. The van der Waals surface area contributed by atoms with Crippen LogP contribution in [0.1, 0.15) is 27.5 Å². The highest BCUT2D eigenvalue weighted by Crippen LogP contribution is 2.13. The molecule has 0 atom stereocenters. The number of amides is 1. The Morgan fingerprint density at radius 3 is 3.10 bits per heavy atom. The number of carbonyl (C=O) groups excluding carboxylic acids is 1. The summed E-state index contributed by atoms with van der Waals surface area (Å²) in [5, 5.41) is 7.12. The lowest BCUT2D eigenvalue weighted by Crippen LogP contribution is -2.26. The highest BCUT2D eigenvalue weighted by atomic mass is 32.1. The minimum Gasteiger partial charge on any atom is -0.351 e. The van der Waals surface area contributed by atoms with Crippen molar-refractivity contribution in [2.45, 2.75) is 19.8 Å². The summed E-state index contributed by atoms with van der Waals surface area (Å²) in [5.74, 6) is -0.0923. The molecule has 0 unspecified atom stereocenters. The Hall–Kier alpha value is -2.21. The first kappa shape index (κ1) is 13.8. The lowest BCUT2D eigenvalue weighted by Gasteiger charge is -2.06. The molecule has 3 rings (SSSR count). The first-order valence-corrected chi connectivity index (χ1v) is 7.73. The molecule has 6 heteroatoms. The number of nitrogens with zero attached hydrogens (tertiary/aromatic N) is 3. The zero-order chi connectivity index (χ0) is 14.7. The standard InChI is InChI=1S/C15H16N4OS/c1-11-14(21-10-17-11)6-3-8-16-15(20)13-5-2-4-12-7-9-18-19(12)13/h2,4-5,7,9-10H,3,6,8H2,1H3,(H,16,20). The van der Waals surface area contributed by atoms with Crippen molar-refractivity contribution < 1.29 is 4.79 Å². The second-order valence-corrected chi connectivity index (χ2v) is 5.74. The van der Waals surface area contributed by atoms with Gasteiger partial charge in [-0.3, -0.25) is 4.79 Å². The molecular weight excluding hydrogens is 284 g/mol. The van der Waals surface area contributed by atoms with Gasteiger partial charge in [0.15, 0.2) is 0 Å². The number of fused-ring (bicyclic) bond motifs is 1. The summed E-state index contributed by atoms with van der Waals surface area (Å²) < 4.78 is 1.66. The maximum absolute atomic E-state index is 12.2. The van der Waals surface area contributed by atoms with Crippen LogP contribution in [0.15, 0.2) is 36.0 Å². The molecule has 5 nitrogen and oxygen atoms in total. The van der Waals surface area contributed by atoms with Gasteiger partial charge in [-0.1, -0.05) is 6.07 Å². The zero-order valence-electron chi connectivity index (χ0n) is 11.7. The molecule has 3 aromatic rings. The summed E-state index contributed by atoms with van der Waals surface area (Å²) in [6.07, 6.45) is 3.55. The summed E-state index contributed by atoms with van der Waals surface area (Å²) in [4.78, 5) is 17.7. The predicted octanol–water partition coefficient (Wildman–Crippen LogP) is 2.46. The molecule has 3 aromatic heterocycles. The van der Waals surface area contributed by atoms with Crippen LogP contribution in [0.4, 0.5) is 0 Å². The first-order chi connectivity index (χ1) is 10.3. The van der Waals surface area contributed by atoms with Gasteiger partial charge in [0.1, 0.15) is 5.69 Å². The summed E-state index contributed by atoms with van der Waals surface area (Å²) >= 11 is 1.67. The average molecular weight is 300 g/mol. The number of carbonyl (C=O) groups is 1. The third kappa shape index (κ3) is 2.95. The molecule has 3 heterocycles. The van der Waals surface area contributed by atoms with Crippen LogP contribution in [0.2, 0.25) is 0 Å². The van der Waals surface area contributed by atoms with Crippen LogP contribution in [0.3, 0.4) is 0 Å². The SMILES string of the molecule is Cc1ncsc1CCCNC(=O)c1cccc2ccnn12. The molecule has 0 bridgehead atoms. The largest absolute Gasteiger partial charge is 0.351 e. The minimum atomic E-state index is -0.0923. The second kappa shape index (κ2) is 6.05. The van der Waals surface area contributed by atoms with E-state index in [4.69, 9.17) is 0 Å². The number of hydrogen-bond donors (Lipinski definition) is 1. The lowest BCUT2D eigenvalue weighted by molar-refractivity contribution is 0.0946. The topological polar surface area (TPSA) is 59.3 Å². The van der Waals surface area contributed by atoms with Gasteiger partial charge in [-0.2, -0.15) is 5.10 Å². The van der Waals surface area contributed by atoms with Crippen molar-refractivity contribution in [3.8, 4) is 0 Å². The maximum Gasteiger partial charge on any atom is 0.269 e. The van der Waals surface area contributed by atoms with E-state index < -0.39 is 0 Å². The maximum atomic E-state index is 12.2. The number of pyridine rings is 1. The molecule has 21 heavy (non-hydrogen) atoms. The molecule has 108 valence electrons. The predicted molar refractivity (Wildman–Crippen MR) is 82.7 cm³/mol. The quantitative estimate of drug-likeness (QED) is 0.736. The van der Waals surface area contributed by atoms with E-state index in [0.717, 1.165) is 24.1 Å².